The molecule has 0 radical (unpaired) electrons. The van der Waals surface area contributed by atoms with Gasteiger partial charge in [0.1, 0.15) is 0 Å². The average molecular weight is 531 g/mol. The number of hydrogen-bond donors (Lipinski definition) is 0. The Bertz CT molecular complexity index is 1170. The van der Waals surface area contributed by atoms with Gasteiger partial charge in [-0.25, -0.2) is 0 Å². The van der Waals surface area contributed by atoms with E-state index in [-0.39, 0.29) is 12.0 Å². The second-order valence-electron chi connectivity index (χ2n) is 9.03. The number of benzene rings is 2. The number of halogens is 3. The molecule has 0 saturated carbocycles. The van der Waals surface area contributed by atoms with Crippen molar-refractivity contribution >= 4 is 40.5 Å². The van der Waals surface area contributed by atoms with Crippen LogP contribution in [0.2, 0.25) is 15.1 Å². The standard InChI is InChI=1S/C27H26Cl3N3O2/c28-22-7-3-20(4-8-22)26-17-32(11-12-33(26)25-10-9-23(29)15-24(25)30)18-27(34-13-14-35-27)21-5-1-19(16-31)2-6-21/h1,3-10,15,19,26H,2,11-14,17-18H2/t19?,26-/m0/s1. The summed E-state index contributed by atoms with van der Waals surface area (Å²) in [5.41, 5.74) is 3.10. The molecule has 0 aromatic heterocycles. The zero-order chi connectivity index (χ0) is 24.4. The van der Waals surface area contributed by atoms with Gasteiger partial charge in [0.15, 0.2) is 0 Å². The largest absolute Gasteiger partial charge is 0.361 e. The molecule has 1 aliphatic carbocycles. The van der Waals surface area contributed by atoms with Crippen molar-refractivity contribution in [2.75, 3.05) is 44.3 Å². The molecule has 1 unspecified atom stereocenters. The molecule has 2 aromatic rings. The van der Waals surface area contributed by atoms with Crippen molar-refractivity contribution in [2.24, 2.45) is 5.92 Å². The molecule has 5 nitrogen and oxygen atoms in total. The van der Waals surface area contributed by atoms with Gasteiger partial charge >= 0.3 is 0 Å². The number of piperazine rings is 1. The topological polar surface area (TPSA) is 48.7 Å². The van der Waals surface area contributed by atoms with Crippen molar-refractivity contribution in [3.63, 3.8) is 0 Å². The Morgan fingerprint density at radius 1 is 1.00 bits per heavy atom. The van der Waals surface area contributed by atoms with Gasteiger partial charge in [-0.05, 0) is 42.3 Å². The van der Waals surface area contributed by atoms with Gasteiger partial charge in [-0.1, -0.05) is 65.2 Å². The summed E-state index contributed by atoms with van der Waals surface area (Å²) in [5.74, 6) is -0.916. The molecule has 0 N–H and O–H groups in total. The molecule has 3 aliphatic rings. The number of ether oxygens (including phenoxy) is 2. The smallest absolute Gasteiger partial charge is 0.207 e. The quantitative estimate of drug-likeness (QED) is 0.455. The van der Waals surface area contributed by atoms with E-state index in [0.717, 1.165) is 36.5 Å². The Kier molecular flexibility index (Phi) is 7.41. The lowest BCUT2D eigenvalue weighted by Crippen LogP contribution is -2.54. The third-order valence-electron chi connectivity index (χ3n) is 6.83. The normalized spacial score (nSPS) is 24.3. The Labute approximate surface area is 221 Å². The monoisotopic (exact) mass is 529 g/mol. The summed E-state index contributed by atoms with van der Waals surface area (Å²) in [6.07, 6.45) is 6.69. The van der Waals surface area contributed by atoms with Gasteiger partial charge in [0, 0.05) is 35.3 Å². The van der Waals surface area contributed by atoms with E-state index in [1.54, 1.807) is 6.07 Å². The maximum Gasteiger partial charge on any atom is 0.207 e. The zero-order valence-corrected chi connectivity index (χ0v) is 21.4. The molecule has 35 heavy (non-hydrogen) atoms. The van der Waals surface area contributed by atoms with Crippen LogP contribution in [0.5, 0.6) is 0 Å². The molecule has 2 atom stereocenters. The Balaban J connectivity index is 1.42. The van der Waals surface area contributed by atoms with Crippen LogP contribution in [-0.4, -0.2) is 50.1 Å². The summed E-state index contributed by atoms with van der Waals surface area (Å²) >= 11 is 19.0. The third-order valence-corrected chi connectivity index (χ3v) is 7.62. The van der Waals surface area contributed by atoms with Crippen molar-refractivity contribution in [1.82, 2.24) is 4.90 Å². The molecule has 2 aliphatic heterocycles. The van der Waals surface area contributed by atoms with Crippen molar-refractivity contribution in [3.8, 4) is 6.07 Å². The van der Waals surface area contributed by atoms with E-state index in [4.69, 9.17) is 44.3 Å². The number of nitriles is 1. The van der Waals surface area contributed by atoms with Crippen molar-refractivity contribution < 1.29 is 9.47 Å². The van der Waals surface area contributed by atoms with Crippen LogP contribution in [0.1, 0.15) is 18.0 Å². The predicted octanol–water partition coefficient (Wildman–Crippen LogP) is 6.28. The molecule has 0 spiro atoms. The highest BCUT2D eigenvalue weighted by Gasteiger charge is 2.43. The van der Waals surface area contributed by atoms with Crippen LogP contribution in [0.3, 0.4) is 0 Å². The summed E-state index contributed by atoms with van der Waals surface area (Å²) < 4.78 is 12.4. The first kappa shape index (κ1) is 24.6. The van der Waals surface area contributed by atoms with Crippen LogP contribution in [-0.2, 0) is 9.47 Å². The van der Waals surface area contributed by atoms with Crippen LogP contribution >= 0.6 is 34.8 Å². The maximum atomic E-state index is 9.24. The van der Waals surface area contributed by atoms with E-state index in [1.807, 2.05) is 36.4 Å². The first-order valence-electron chi connectivity index (χ1n) is 11.7. The molecule has 2 heterocycles. The van der Waals surface area contributed by atoms with Gasteiger partial charge in [-0.2, -0.15) is 5.26 Å². The summed E-state index contributed by atoms with van der Waals surface area (Å²) in [5, 5.41) is 11.2. The van der Waals surface area contributed by atoms with E-state index in [2.05, 4.69) is 34.1 Å². The SMILES string of the molecule is N#CC1C=CC(C2(CN3CCN(c4ccc(Cl)cc4Cl)[C@H](c4ccc(Cl)cc4)C3)OCCO2)=CC1. The van der Waals surface area contributed by atoms with Crippen molar-refractivity contribution in [1.29, 1.82) is 5.26 Å². The lowest BCUT2D eigenvalue weighted by Gasteiger charge is -2.45. The number of anilines is 1. The summed E-state index contributed by atoms with van der Waals surface area (Å²) in [6, 6.07) is 16.0. The molecule has 8 heteroatoms. The van der Waals surface area contributed by atoms with Crippen LogP contribution < -0.4 is 4.90 Å². The molecule has 2 aromatic carbocycles. The number of hydrogen-bond acceptors (Lipinski definition) is 5. The van der Waals surface area contributed by atoms with E-state index < -0.39 is 5.79 Å². The van der Waals surface area contributed by atoms with Crippen molar-refractivity contribution in [2.45, 2.75) is 18.2 Å². The Morgan fingerprint density at radius 2 is 1.74 bits per heavy atom. The van der Waals surface area contributed by atoms with Crippen LogP contribution in [0, 0.1) is 17.2 Å². The highest BCUT2D eigenvalue weighted by molar-refractivity contribution is 6.36. The lowest BCUT2D eigenvalue weighted by molar-refractivity contribution is -0.140. The van der Waals surface area contributed by atoms with Crippen molar-refractivity contribution in [3.05, 3.63) is 86.9 Å². The second kappa shape index (κ2) is 10.5. The van der Waals surface area contributed by atoms with Gasteiger partial charge in [0.05, 0.1) is 48.5 Å². The minimum atomic E-state index is -0.818. The predicted molar refractivity (Wildman–Crippen MR) is 140 cm³/mol. The van der Waals surface area contributed by atoms with Gasteiger partial charge in [-0.15, -0.1) is 0 Å². The molecular weight excluding hydrogens is 505 g/mol. The molecular formula is C27H26Cl3N3O2. The highest BCUT2D eigenvalue weighted by Crippen LogP contribution is 2.39. The zero-order valence-electron chi connectivity index (χ0n) is 19.2. The minimum absolute atomic E-state index is 0.0528. The Morgan fingerprint density at radius 3 is 2.40 bits per heavy atom. The molecule has 0 bridgehead atoms. The van der Waals surface area contributed by atoms with Crippen LogP contribution in [0.4, 0.5) is 5.69 Å². The van der Waals surface area contributed by atoms with Gasteiger partial charge in [-0.3, -0.25) is 4.90 Å². The molecule has 5 rings (SSSR count). The summed E-state index contributed by atoms with van der Waals surface area (Å²) in [6.45, 7) is 4.05. The first-order valence-corrected chi connectivity index (χ1v) is 12.9. The number of rotatable bonds is 5. The summed E-state index contributed by atoms with van der Waals surface area (Å²) in [4.78, 5) is 4.72. The van der Waals surface area contributed by atoms with Crippen LogP contribution in [0.25, 0.3) is 0 Å². The van der Waals surface area contributed by atoms with E-state index in [1.165, 1.54) is 0 Å². The second-order valence-corrected chi connectivity index (χ2v) is 10.3. The Hall–Kier alpha value is -2.04. The number of nitrogens with zero attached hydrogens (tertiary/aromatic N) is 3. The van der Waals surface area contributed by atoms with Gasteiger partial charge in [0.2, 0.25) is 5.79 Å². The molecule has 2 fully saturated rings. The highest BCUT2D eigenvalue weighted by atomic mass is 35.5. The molecule has 0 amide bonds. The first-order chi connectivity index (χ1) is 17.0. The fourth-order valence-corrected chi connectivity index (χ4v) is 5.70. The average Bonchev–Trinajstić information content (AvgIpc) is 3.34. The maximum absolute atomic E-state index is 9.24. The summed E-state index contributed by atoms with van der Waals surface area (Å²) in [7, 11) is 0. The lowest BCUT2D eigenvalue weighted by atomic mass is 9.92. The molecule has 182 valence electrons. The van der Waals surface area contributed by atoms with E-state index >= 15 is 0 Å². The van der Waals surface area contributed by atoms with Gasteiger partial charge in [0.25, 0.3) is 0 Å². The third kappa shape index (κ3) is 5.24. The number of allylic oxidation sites excluding steroid dienone is 2. The van der Waals surface area contributed by atoms with Crippen LogP contribution in [0.15, 0.2) is 66.3 Å². The van der Waals surface area contributed by atoms with E-state index in [0.29, 0.717) is 41.2 Å². The van der Waals surface area contributed by atoms with Gasteiger partial charge < -0.3 is 14.4 Å². The van der Waals surface area contributed by atoms with E-state index in [9.17, 15) is 5.26 Å². The minimum Gasteiger partial charge on any atom is -0.361 e. The fraction of sp³-hybridized carbons (Fsp3) is 0.370. The molecule has 2 saturated heterocycles. The fourth-order valence-electron chi connectivity index (χ4n) is 5.05.